The smallest absolute Gasteiger partial charge is 0.191 e. The molecule has 2 N–H and O–H groups in total. The van der Waals surface area contributed by atoms with Crippen molar-refractivity contribution >= 4 is 5.96 Å². The lowest BCUT2D eigenvalue weighted by atomic mass is 9.97. The molecule has 5 nitrogen and oxygen atoms in total. The van der Waals surface area contributed by atoms with Crippen molar-refractivity contribution in [3.8, 4) is 0 Å². The molecule has 1 heterocycles. The van der Waals surface area contributed by atoms with E-state index in [2.05, 4.69) is 26.7 Å². The highest BCUT2D eigenvalue weighted by molar-refractivity contribution is 5.79. The van der Waals surface area contributed by atoms with Crippen LogP contribution in [-0.2, 0) is 6.54 Å². The third-order valence-electron chi connectivity index (χ3n) is 3.57. The number of nitrogens with one attached hydrogen (secondary N) is 2. The summed E-state index contributed by atoms with van der Waals surface area (Å²) < 4.78 is 2.05. The zero-order chi connectivity index (χ0) is 14.0. The molecule has 0 saturated carbocycles. The van der Waals surface area contributed by atoms with Crippen LogP contribution in [0.4, 0.5) is 0 Å². The lowest BCUT2D eigenvalue weighted by molar-refractivity contribution is 0.650. The van der Waals surface area contributed by atoms with E-state index >= 15 is 0 Å². The summed E-state index contributed by atoms with van der Waals surface area (Å²) in [5, 5.41) is 6.69. The van der Waals surface area contributed by atoms with Crippen molar-refractivity contribution in [2.24, 2.45) is 4.99 Å². The zero-order valence-electron chi connectivity index (χ0n) is 12.3. The van der Waals surface area contributed by atoms with Crippen molar-refractivity contribution in [3.63, 3.8) is 0 Å². The Bertz CT molecular complexity index is 433. The molecule has 0 aromatic carbocycles. The lowest BCUT2D eigenvalue weighted by Crippen LogP contribution is -2.39. The Kier molecular flexibility index (Phi) is 6.14. The predicted octanol–water partition coefficient (Wildman–Crippen LogP) is 1.94. The molecular weight excluding hydrogens is 250 g/mol. The first kappa shape index (κ1) is 14.6. The maximum Gasteiger partial charge on any atom is 0.191 e. The van der Waals surface area contributed by atoms with Crippen LogP contribution >= 0.6 is 0 Å². The second-order valence-electron chi connectivity index (χ2n) is 5.08. The van der Waals surface area contributed by atoms with Gasteiger partial charge in [-0.25, -0.2) is 4.98 Å². The number of imidazole rings is 1. The lowest BCUT2D eigenvalue weighted by Gasteiger charge is -2.15. The Balaban J connectivity index is 1.61. The van der Waals surface area contributed by atoms with Gasteiger partial charge < -0.3 is 15.2 Å². The summed E-state index contributed by atoms with van der Waals surface area (Å²) >= 11 is 0. The van der Waals surface area contributed by atoms with Gasteiger partial charge in [0.15, 0.2) is 5.96 Å². The fraction of sp³-hybridized carbons (Fsp3) is 0.600. The number of hydrogen-bond acceptors (Lipinski definition) is 2. The van der Waals surface area contributed by atoms with Gasteiger partial charge in [0.05, 0.1) is 6.33 Å². The third-order valence-corrected chi connectivity index (χ3v) is 3.57. The summed E-state index contributed by atoms with van der Waals surface area (Å²) in [4.78, 5) is 8.26. The zero-order valence-corrected chi connectivity index (χ0v) is 12.3. The van der Waals surface area contributed by atoms with Crippen LogP contribution in [0.1, 0.15) is 32.1 Å². The molecule has 110 valence electrons. The van der Waals surface area contributed by atoms with Gasteiger partial charge in [-0.05, 0) is 32.1 Å². The molecule has 0 atom stereocenters. The van der Waals surface area contributed by atoms with E-state index in [0.717, 1.165) is 32.0 Å². The van der Waals surface area contributed by atoms with Gasteiger partial charge in [0.1, 0.15) is 0 Å². The Morgan fingerprint density at radius 3 is 2.95 bits per heavy atom. The van der Waals surface area contributed by atoms with E-state index in [1.807, 2.05) is 24.1 Å². The van der Waals surface area contributed by atoms with Crippen LogP contribution in [0, 0.1) is 0 Å². The van der Waals surface area contributed by atoms with Gasteiger partial charge in [-0.2, -0.15) is 0 Å². The summed E-state index contributed by atoms with van der Waals surface area (Å²) in [6, 6.07) is 0. The van der Waals surface area contributed by atoms with Crippen LogP contribution in [0.25, 0.3) is 0 Å². The molecule has 1 aromatic heterocycles. The fourth-order valence-electron chi connectivity index (χ4n) is 2.42. The van der Waals surface area contributed by atoms with E-state index in [0.29, 0.717) is 0 Å². The van der Waals surface area contributed by atoms with Crippen molar-refractivity contribution in [3.05, 3.63) is 30.4 Å². The first-order chi connectivity index (χ1) is 9.88. The summed E-state index contributed by atoms with van der Waals surface area (Å²) in [6.07, 6.45) is 14.4. The van der Waals surface area contributed by atoms with Crippen molar-refractivity contribution < 1.29 is 0 Å². The second kappa shape index (κ2) is 8.40. The third kappa shape index (κ3) is 5.07. The largest absolute Gasteiger partial charge is 0.356 e. The minimum atomic E-state index is 0.846. The highest BCUT2D eigenvalue weighted by Gasteiger charge is 2.03. The predicted molar refractivity (Wildman–Crippen MR) is 82.8 cm³/mol. The van der Waals surface area contributed by atoms with Crippen molar-refractivity contribution in [1.29, 1.82) is 0 Å². The van der Waals surface area contributed by atoms with Gasteiger partial charge in [-0.3, -0.25) is 4.99 Å². The van der Waals surface area contributed by atoms with Crippen LogP contribution in [0.2, 0.25) is 0 Å². The topological polar surface area (TPSA) is 54.2 Å². The molecule has 1 aliphatic rings. The highest BCUT2D eigenvalue weighted by atomic mass is 15.2. The highest BCUT2D eigenvalue weighted by Crippen LogP contribution is 2.19. The quantitative estimate of drug-likeness (QED) is 0.474. The number of nitrogens with zero attached hydrogens (tertiary/aromatic N) is 3. The Labute approximate surface area is 121 Å². The number of hydrogen-bond donors (Lipinski definition) is 2. The molecule has 0 amide bonds. The molecular formula is C15H25N5. The molecule has 1 aromatic rings. The molecule has 2 rings (SSSR count). The first-order valence-corrected chi connectivity index (χ1v) is 7.46. The van der Waals surface area contributed by atoms with Crippen molar-refractivity contribution in [1.82, 2.24) is 20.2 Å². The summed E-state index contributed by atoms with van der Waals surface area (Å²) in [6.45, 7) is 2.70. The van der Waals surface area contributed by atoms with Crippen molar-refractivity contribution in [2.75, 3.05) is 20.1 Å². The molecule has 0 spiro atoms. The summed E-state index contributed by atoms with van der Waals surface area (Å²) in [7, 11) is 1.81. The molecule has 1 aliphatic carbocycles. The molecule has 0 aliphatic heterocycles. The SMILES string of the molecule is CN=C(NCCC1=CCCCC1)NCCn1ccnc1. The van der Waals surface area contributed by atoms with Gasteiger partial charge in [0, 0.05) is 39.1 Å². The molecule has 0 saturated heterocycles. The summed E-state index contributed by atoms with van der Waals surface area (Å²) in [5.41, 5.74) is 1.60. The number of aromatic nitrogens is 2. The minimum absolute atomic E-state index is 0.846. The maximum atomic E-state index is 4.24. The molecule has 0 unspecified atom stereocenters. The second-order valence-corrected chi connectivity index (χ2v) is 5.08. The average molecular weight is 275 g/mol. The Morgan fingerprint density at radius 2 is 2.25 bits per heavy atom. The van der Waals surface area contributed by atoms with E-state index in [9.17, 15) is 0 Å². The molecule has 0 radical (unpaired) electrons. The fourth-order valence-corrected chi connectivity index (χ4v) is 2.42. The van der Waals surface area contributed by atoms with Crippen LogP contribution in [-0.4, -0.2) is 35.6 Å². The summed E-state index contributed by atoms with van der Waals surface area (Å²) in [5.74, 6) is 0.876. The average Bonchev–Trinajstić information content (AvgIpc) is 3.00. The van der Waals surface area contributed by atoms with Crippen LogP contribution in [0.15, 0.2) is 35.4 Å². The van der Waals surface area contributed by atoms with Gasteiger partial charge in [-0.15, -0.1) is 0 Å². The maximum absolute atomic E-state index is 4.24. The molecule has 0 fully saturated rings. The molecule has 0 bridgehead atoms. The van der Waals surface area contributed by atoms with Crippen LogP contribution < -0.4 is 10.6 Å². The molecule has 5 heteroatoms. The molecule has 20 heavy (non-hydrogen) atoms. The van der Waals surface area contributed by atoms with Crippen LogP contribution in [0.5, 0.6) is 0 Å². The van der Waals surface area contributed by atoms with E-state index in [-0.39, 0.29) is 0 Å². The Hall–Kier alpha value is -1.78. The standard InChI is InChI=1S/C15H25N5/c1-16-15(19-10-12-20-11-9-17-13-20)18-8-7-14-5-3-2-4-6-14/h5,9,11,13H,2-4,6-8,10,12H2,1H3,(H2,16,18,19). The minimum Gasteiger partial charge on any atom is -0.356 e. The van der Waals surface area contributed by atoms with Crippen molar-refractivity contribution in [2.45, 2.75) is 38.6 Å². The van der Waals surface area contributed by atoms with E-state index < -0.39 is 0 Å². The number of guanidine groups is 1. The Morgan fingerprint density at radius 1 is 1.35 bits per heavy atom. The van der Waals surface area contributed by atoms with Gasteiger partial charge in [0.2, 0.25) is 0 Å². The van der Waals surface area contributed by atoms with E-state index in [1.54, 1.807) is 11.8 Å². The first-order valence-electron chi connectivity index (χ1n) is 7.46. The van der Waals surface area contributed by atoms with Gasteiger partial charge >= 0.3 is 0 Å². The monoisotopic (exact) mass is 275 g/mol. The van der Waals surface area contributed by atoms with E-state index in [1.165, 1.54) is 25.7 Å². The number of aliphatic imine (C=N–C) groups is 1. The van der Waals surface area contributed by atoms with E-state index in [4.69, 9.17) is 0 Å². The number of rotatable bonds is 6. The number of allylic oxidation sites excluding steroid dienone is 1. The van der Waals surface area contributed by atoms with Gasteiger partial charge in [-0.1, -0.05) is 11.6 Å². The normalized spacial score (nSPS) is 15.8. The van der Waals surface area contributed by atoms with Crippen LogP contribution in [0.3, 0.4) is 0 Å². The van der Waals surface area contributed by atoms with Gasteiger partial charge in [0.25, 0.3) is 0 Å².